The molecule has 278 valence electrons. The van der Waals surface area contributed by atoms with Gasteiger partial charge in [-0.3, -0.25) is 34.1 Å². The van der Waals surface area contributed by atoms with E-state index in [0.717, 1.165) is 54.7 Å². The second-order valence-electron chi connectivity index (χ2n) is 14.6. The number of fused-ring (bicyclic) bond motifs is 3. The Morgan fingerprint density at radius 2 is 1.80 bits per heavy atom. The average molecular weight is 729 g/mol. The molecule has 3 aliphatic rings. The van der Waals surface area contributed by atoms with Crippen molar-refractivity contribution in [2.75, 3.05) is 42.2 Å². The molecule has 0 aliphatic carbocycles. The summed E-state index contributed by atoms with van der Waals surface area (Å²) in [5, 5.41) is 16.9. The fraction of sp³-hybridized carbons (Fsp3) is 0.350. The van der Waals surface area contributed by atoms with Gasteiger partial charge in [0.15, 0.2) is 0 Å². The zero-order valence-electron chi connectivity index (χ0n) is 30.4. The molecule has 5 aromatic rings. The zero-order chi connectivity index (χ0) is 37.3. The molecule has 8 rings (SSSR count). The van der Waals surface area contributed by atoms with Crippen LogP contribution in [0.4, 0.5) is 17.1 Å². The van der Waals surface area contributed by atoms with Gasteiger partial charge in [-0.15, -0.1) is 0 Å². The second-order valence-corrected chi connectivity index (χ2v) is 14.6. The maximum atomic E-state index is 13.2. The molecule has 14 heteroatoms. The minimum atomic E-state index is -0.410. The SMILES string of the molecule is C[C@@H]1CNC(=O)c2cc3ccc(C(=O)Nc4cnn(Cc5ccc(N6CCC(N(C)Cc7ccccc7NC7CCC(=O)NC7=O)CC6)cc5)c4)nc3n21. The van der Waals surface area contributed by atoms with E-state index in [2.05, 4.69) is 78.5 Å². The highest BCUT2D eigenvalue weighted by molar-refractivity contribution is 6.05. The summed E-state index contributed by atoms with van der Waals surface area (Å²) < 4.78 is 3.69. The van der Waals surface area contributed by atoms with Gasteiger partial charge >= 0.3 is 0 Å². The summed E-state index contributed by atoms with van der Waals surface area (Å²) in [5.74, 6) is -0.956. The summed E-state index contributed by atoms with van der Waals surface area (Å²) in [6, 6.07) is 22.0. The first-order valence-electron chi connectivity index (χ1n) is 18.5. The van der Waals surface area contributed by atoms with Crippen LogP contribution in [-0.2, 0) is 22.7 Å². The van der Waals surface area contributed by atoms with Crippen LogP contribution in [0, 0.1) is 0 Å². The lowest BCUT2D eigenvalue weighted by Gasteiger charge is -2.38. The smallest absolute Gasteiger partial charge is 0.274 e. The van der Waals surface area contributed by atoms with Crippen LogP contribution < -0.4 is 26.2 Å². The average Bonchev–Trinajstić information content (AvgIpc) is 3.80. The molecular weight excluding hydrogens is 685 g/mol. The highest BCUT2D eigenvalue weighted by Gasteiger charge is 2.29. The summed E-state index contributed by atoms with van der Waals surface area (Å²) in [6.07, 6.45) is 6.35. The fourth-order valence-electron chi connectivity index (χ4n) is 7.76. The van der Waals surface area contributed by atoms with Crippen molar-refractivity contribution >= 4 is 51.7 Å². The molecule has 2 saturated heterocycles. The zero-order valence-corrected chi connectivity index (χ0v) is 30.4. The lowest BCUT2D eigenvalue weighted by atomic mass is 10.0. The summed E-state index contributed by atoms with van der Waals surface area (Å²) in [4.78, 5) is 58.9. The number of imide groups is 1. The maximum absolute atomic E-state index is 13.2. The minimum absolute atomic E-state index is 0.0345. The van der Waals surface area contributed by atoms with E-state index in [0.29, 0.717) is 49.0 Å². The third kappa shape index (κ3) is 7.29. The number of amides is 4. The third-order valence-electron chi connectivity index (χ3n) is 10.8. The van der Waals surface area contributed by atoms with Crippen LogP contribution in [-0.4, -0.2) is 86.6 Å². The van der Waals surface area contributed by atoms with Crippen molar-refractivity contribution in [1.29, 1.82) is 0 Å². The Morgan fingerprint density at radius 1 is 1.00 bits per heavy atom. The summed E-state index contributed by atoms with van der Waals surface area (Å²) >= 11 is 0. The molecule has 2 fully saturated rings. The Labute approximate surface area is 312 Å². The molecule has 0 spiro atoms. The number of nitrogens with zero attached hydrogens (tertiary/aromatic N) is 6. The first-order chi connectivity index (χ1) is 26.2. The van der Waals surface area contributed by atoms with E-state index in [4.69, 9.17) is 0 Å². The number of hydrogen-bond donors (Lipinski definition) is 4. The standard InChI is InChI=1S/C40H44N10O4/c1-25-20-41-40(54)35-19-27-9-12-34(45-37(27)50(25)35)38(52)43-29-21-42-49(24-29)22-26-7-10-31(11-8-26)48-17-15-30(16-18-48)47(2)23-28-5-3-4-6-32(28)44-33-13-14-36(51)46-39(33)53/h3-12,19,21,24-25,30,33,44H,13-18,20,22-23H2,1-2H3,(H,41,54)(H,43,52)(H,46,51,53)/t25-,33?/m1/s1. The minimum Gasteiger partial charge on any atom is -0.373 e. The highest BCUT2D eigenvalue weighted by atomic mass is 16.2. The molecule has 6 heterocycles. The molecule has 54 heavy (non-hydrogen) atoms. The molecule has 2 atom stereocenters. The van der Waals surface area contributed by atoms with E-state index >= 15 is 0 Å². The summed E-state index contributed by atoms with van der Waals surface area (Å²) in [6.45, 7) is 5.76. The number of nitrogens with one attached hydrogen (secondary N) is 4. The number of rotatable bonds is 10. The van der Waals surface area contributed by atoms with Crippen LogP contribution in [0.3, 0.4) is 0 Å². The number of anilines is 3. The van der Waals surface area contributed by atoms with Crippen LogP contribution in [0.15, 0.2) is 79.1 Å². The molecule has 3 aliphatic heterocycles. The predicted molar refractivity (Wildman–Crippen MR) is 205 cm³/mol. The Morgan fingerprint density at radius 3 is 2.59 bits per heavy atom. The van der Waals surface area contributed by atoms with E-state index in [1.807, 2.05) is 41.8 Å². The number of aromatic nitrogens is 4. The van der Waals surface area contributed by atoms with Crippen molar-refractivity contribution in [2.24, 2.45) is 0 Å². The predicted octanol–water partition coefficient (Wildman–Crippen LogP) is 4.16. The van der Waals surface area contributed by atoms with Gasteiger partial charge in [0.05, 0.1) is 24.5 Å². The Bertz CT molecular complexity index is 2220. The van der Waals surface area contributed by atoms with E-state index in [1.165, 1.54) is 5.69 Å². The van der Waals surface area contributed by atoms with Gasteiger partial charge in [-0.25, -0.2) is 4.98 Å². The van der Waals surface area contributed by atoms with Crippen molar-refractivity contribution in [3.05, 3.63) is 102 Å². The molecule has 0 radical (unpaired) electrons. The first-order valence-corrected chi connectivity index (χ1v) is 18.5. The van der Waals surface area contributed by atoms with Crippen LogP contribution in [0.2, 0.25) is 0 Å². The highest BCUT2D eigenvalue weighted by Crippen LogP contribution is 2.28. The Balaban J connectivity index is 0.828. The van der Waals surface area contributed by atoms with Gasteiger partial charge in [0, 0.05) is 61.6 Å². The van der Waals surface area contributed by atoms with Crippen LogP contribution in [0.5, 0.6) is 0 Å². The first kappa shape index (κ1) is 35.0. The quantitative estimate of drug-likeness (QED) is 0.155. The van der Waals surface area contributed by atoms with Gasteiger partial charge in [-0.2, -0.15) is 5.10 Å². The lowest BCUT2D eigenvalue weighted by molar-refractivity contribution is -0.133. The number of hydrogen-bond acceptors (Lipinski definition) is 9. The Hall–Kier alpha value is -6.02. The lowest BCUT2D eigenvalue weighted by Crippen LogP contribution is -2.47. The van der Waals surface area contributed by atoms with Crippen molar-refractivity contribution in [1.82, 2.24) is 34.9 Å². The number of para-hydroxylation sites is 1. The third-order valence-corrected chi connectivity index (χ3v) is 10.8. The number of pyridine rings is 1. The number of benzene rings is 2. The molecule has 4 amide bonds. The number of carbonyl (C=O) groups is 4. The van der Waals surface area contributed by atoms with Gasteiger partial charge in [0.2, 0.25) is 11.8 Å². The van der Waals surface area contributed by atoms with Crippen LogP contribution >= 0.6 is 0 Å². The van der Waals surface area contributed by atoms with E-state index in [-0.39, 0.29) is 35.4 Å². The van der Waals surface area contributed by atoms with Crippen molar-refractivity contribution in [3.63, 3.8) is 0 Å². The largest absolute Gasteiger partial charge is 0.373 e. The van der Waals surface area contributed by atoms with Gasteiger partial charge in [0.25, 0.3) is 11.8 Å². The van der Waals surface area contributed by atoms with Crippen molar-refractivity contribution in [3.8, 4) is 0 Å². The Kier molecular flexibility index (Phi) is 9.59. The number of piperidine rings is 2. The number of carbonyl (C=O) groups excluding carboxylic acids is 4. The molecule has 2 aromatic carbocycles. The molecule has 0 saturated carbocycles. The molecule has 1 unspecified atom stereocenters. The van der Waals surface area contributed by atoms with Gasteiger partial charge in [0.1, 0.15) is 23.1 Å². The van der Waals surface area contributed by atoms with Crippen LogP contribution in [0.1, 0.15) is 70.8 Å². The molecule has 3 aromatic heterocycles. The fourth-order valence-corrected chi connectivity index (χ4v) is 7.76. The van der Waals surface area contributed by atoms with Crippen LogP contribution in [0.25, 0.3) is 11.0 Å². The van der Waals surface area contributed by atoms with Gasteiger partial charge in [-0.1, -0.05) is 30.3 Å². The van der Waals surface area contributed by atoms with Gasteiger partial charge < -0.3 is 25.4 Å². The molecule has 0 bridgehead atoms. The van der Waals surface area contributed by atoms with E-state index < -0.39 is 6.04 Å². The summed E-state index contributed by atoms with van der Waals surface area (Å²) in [7, 11) is 2.16. The normalized spacial score (nSPS) is 19.1. The van der Waals surface area contributed by atoms with E-state index in [9.17, 15) is 19.2 Å². The molecular formula is C40H44N10O4. The monoisotopic (exact) mass is 728 g/mol. The molecule has 4 N–H and O–H groups in total. The van der Waals surface area contributed by atoms with Gasteiger partial charge in [-0.05, 0) is 80.8 Å². The van der Waals surface area contributed by atoms with E-state index in [1.54, 1.807) is 23.1 Å². The molecule has 14 nitrogen and oxygen atoms in total. The summed E-state index contributed by atoms with van der Waals surface area (Å²) in [5.41, 5.74) is 6.37. The van der Waals surface area contributed by atoms with Crippen molar-refractivity contribution in [2.45, 2.75) is 63.8 Å². The van der Waals surface area contributed by atoms with Crippen molar-refractivity contribution < 1.29 is 19.2 Å². The maximum Gasteiger partial charge on any atom is 0.274 e. The second kappa shape index (κ2) is 14.8. The topological polar surface area (TPSA) is 159 Å².